The van der Waals surface area contributed by atoms with Gasteiger partial charge in [-0.2, -0.15) is 0 Å². The minimum atomic E-state index is -0.262. The zero-order valence-electron chi connectivity index (χ0n) is 6.67. The van der Waals surface area contributed by atoms with Crippen LogP contribution in [0.5, 0.6) is 0 Å². The molecule has 1 aliphatic heterocycles. The number of alkyl halides is 1. The number of nitrogens with one attached hydrogen (secondary N) is 1. The predicted molar refractivity (Wildman–Crippen MR) is 52.4 cm³/mol. The van der Waals surface area contributed by atoms with E-state index in [0.29, 0.717) is 0 Å². The average Bonchev–Trinajstić information content (AvgIpc) is 2.36. The van der Waals surface area contributed by atoms with Gasteiger partial charge in [-0.1, -0.05) is 27.7 Å². The molecule has 0 aromatic rings. The van der Waals surface area contributed by atoms with Crippen LogP contribution in [-0.2, 0) is 9.59 Å². The Labute approximate surface area is 83.8 Å². The average molecular weight is 252 g/mol. The summed E-state index contributed by atoms with van der Waals surface area (Å²) in [4.78, 5) is 22.0. The van der Waals surface area contributed by atoms with E-state index in [-0.39, 0.29) is 21.9 Å². The van der Waals surface area contributed by atoms with Crippen LogP contribution in [0.25, 0.3) is 0 Å². The van der Waals surface area contributed by atoms with Gasteiger partial charge in [0.1, 0.15) is 0 Å². The van der Waals surface area contributed by atoms with Gasteiger partial charge in [0.25, 0.3) is 0 Å². The van der Waals surface area contributed by atoms with Crippen LogP contribution in [0.3, 0.4) is 0 Å². The maximum absolute atomic E-state index is 11.1. The Morgan fingerprint density at radius 3 is 2.92 bits per heavy atom. The standard InChI is InChI=1S/C7H10BrNO2S/c1-4(8)6(10)9-5-2-3-12-7(5)11/h4-5H,2-3H2,1H3,(H,9,10). The van der Waals surface area contributed by atoms with Gasteiger partial charge in [-0.25, -0.2) is 0 Å². The maximum Gasteiger partial charge on any atom is 0.234 e. The Kier molecular flexibility index (Phi) is 3.58. The second-order valence-corrected chi connectivity index (χ2v) is 5.11. The third kappa shape index (κ3) is 2.48. The van der Waals surface area contributed by atoms with Gasteiger partial charge < -0.3 is 5.32 Å². The minimum Gasteiger partial charge on any atom is -0.344 e. The molecule has 1 rings (SSSR count). The van der Waals surface area contributed by atoms with Gasteiger partial charge in [0.15, 0.2) is 0 Å². The molecule has 1 aliphatic rings. The first kappa shape index (κ1) is 10.1. The maximum atomic E-state index is 11.1. The molecule has 5 heteroatoms. The van der Waals surface area contributed by atoms with E-state index in [2.05, 4.69) is 21.2 Å². The molecular weight excluding hydrogens is 242 g/mol. The number of hydrogen-bond donors (Lipinski definition) is 1. The third-order valence-electron chi connectivity index (χ3n) is 1.61. The van der Waals surface area contributed by atoms with Crippen molar-refractivity contribution in [2.45, 2.75) is 24.2 Å². The third-order valence-corrected chi connectivity index (χ3v) is 3.04. The predicted octanol–water partition coefficient (Wildman–Crippen LogP) is 0.918. The number of amides is 1. The van der Waals surface area contributed by atoms with E-state index in [0.717, 1.165) is 12.2 Å². The van der Waals surface area contributed by atoms with Crippen LogP contribution in [0.1, 0.15) is 13.3 Å². The Bertz CT molecular complexity index is 208. The fraction of sp³-hybridized carbons (Fsp3) is 0.714. The summed E-state index contributed by atoms with van der Waals surface area (Å²) >= 11 is 4.43. The highest BCUT2D eigenvalue weighted by atomic mass is 79.9. The van der Waals surface area contributed by atoms with E-state index < -0.39 is 0 Å². The van der Waals surface area contributed by atoms with Gasteiger partial charge in [-0.15, -0.1) is 0 Å². The highest BCUT2D eigenvalue weighted by Crippen LogP contribution is 2.19. The summed E-state index contributed by atoms with van der Waals surface area (Å²) < 4.78 is 0. The van der Waals surface area contributed by atoms with Gasteiger partial charge in [0.2, 0.25) is 11.0 Å². The van der Waals surface area contributed by atoms with Gasteiger partial charge in [-0.3, -0.25) is 9.59 Å². The summed E-state index contributed by atoms with van der Waals surface area (Å²) in [5.74, 6) is 0.705. The summed E-state index contributed by atoms with van der Waals surface area (Å²) in [6.45, 7) is 1.74. The van der Waals surface area contributed by atoms with E-state index in [1.807, 2.05) is 0 Å². The van der Waals surface area contributed by atoms with Crippen molar-refractivity contribution < 1.29 is 9.59 Å². The molecule has 3 nitrogen and oxygen atoms in total. The Hall–Kier alpha value is -0.0300. The summed E-state index contributed by atoms with van der Waals surface area (Å²) in [6.07, 6.45) is 0.759. The normalized spacial score (nSPS) is 25.5. The molecule has 0 aromatic heterocycles. The van der Waals surface area contributed by atoms with Gasteiger partial charge in [0, 0.05) is 5.75 Å². The number of halogens is 1. The van der Waals surface area contributed by atoms with Crippen molar-refractivity contribution in [1.29, 1.82) is 0 Å². The fourth-order valence-corrected chi connectivity index (χ4v) is 1.98. The van der Waals surface area contributed by atoms with E-state index in [1.165, 1.54) is 11.8 Å². The Morgan fingerprint density at radius 2 is 2.50 bits per heavy atom. The number of carbonyl (C=O) groups is 2. The molecule has 12 heavy (non-hydrogen) atoms. The summed E-state index contributed by atoms with van der Waals surface area (Å²) in [5.41, 5.74) is 0. The summed E-state index contributed by atoms with van der Waals surface area (Å²) in [6, 6.07) is -0.262. The monoisotopic (exact) mass is 251 g/mol. The molecule has 1 saturated heterocycles. The van der Waals surface area contributed by atoms with Gasteiger partial charge in [-0.05, 0) is 13.3 Å². The van der Waals surface area contributed by atoms with Gasteiger partial charge in [0.05, 0.1) is 10.9 Å². The number of carbonyl (C=O) groups excluding carboxylic acids is 2. The quantitative estimate of drug-likeness (QED) is 0.743. The molecule has 0 saturated carbocycles. The zero-order valence-corrected chi connectivity index (χ0v) is 9.07. The van der Waals surface area contributed by atoms with Crippen LogP contribution in [-0.4, -0.2) is 27.6 Å². The first-order chi connectivity index (χ1) is 5.61. The van der Waals surface area contributed by atoms with Crippen molar-refractivity contribution in [3.8, 4) is 0 Å². The van der Waals surface area contributed by atoms with Crippen molar-refractivity contribution in [3.05, 3.63) is 0 Å². The van der Waals surface area contributed by atoms with E-state index in [1.54, 1.807) is 6.92 Å². The highest BCUT2D eigenvalue weighted by Gasteiger charge is 2.27. The second-order valence-electron chi connectivity index (χ2n) is 2.63. The fourth-order valence-electron chi connectivity index (χ4n) is 0.913. The molecule has 0 aliphatic carbocycles. The topological polar surface area (TPSA) is 46.2 Å². The molecule has 1 amide bonds. The van der Waals surface area contributed by atoms with Crippen LogP contribution in [0.15, 0.2) is 0 Å². The molecule has 2 atom stereocenters. The largest absolute Gasteiger partial charge is 0.344 e. The van der Waals surface area contributed by atoms with Crippen molar-refractivity contribution in [2.24, 2.45) is 0 Å². The molecule has 1 heterocycles. The molecule has 0 aromatic carbocycles. The molecular formula is C7H10BrNO2S. The minimum absolute atomic E-state index is 0.0801. The molecule has 68 valence electrons. The molecule has 0 bridgehead atoms. The van der Waals surface area contributed by atoms with Crippen LogP contribution >= 0.6 is 27.7 Å². The summed E-state index contributed by atoms with van der Waals surface area (Å²) in [5, 5.41) is 2.75. The number of rotatable bonds is 2. The van der Waals surface area contributed by atoms with Crippen molar-refractivity contribution in [3.63, 3.8) is 0 Å². The lowest BCUT2D eigenvalue weighted by Gasteiger charge is -2.10. The van der Waals surface area contributed by atoms with E-state index >= 15 is 0 Å². The molecule has 0 radical (unpaired) electrons. The number of thioether (sulfide) groups is 1. The molecule has 1 N–H and O–H groups in total. The molecule has 0 spiro atoms. The van der Waals surface area contributed by atoms with E-state index in [4.69, 9.17) is 0 Å². The van der Waals surface area contributed by atoms with E-state index in [9.17, 15) is 9.59 Å². The van der Waals surface area contributed by atoms with Crippen molar-refractivity contribution in [1.82, 2.24) is 5.32 Å². The van der Waals surface area contributed by atoms with Crippen molar-refractivity contribution >= 4 is 38.7 Å². The lowest BCUT2D eigenvalue weighted by molar-refractivity contribution is -0.123. The number of hydrogen-bond acceptors (Lipinski definition) is 3. The van der Waals surface area contributed by atoms with Crippen LogP contribution in [0.2, 0.25) is 0 Å². The Morgan fingerprint density at radius 1 is 1.83 bits per heavy atom. The SMILES string of the molecule is CC(Br)C(=O)NC1CCSC1=O. The van der Waals surface area contributed by atoms with Crippen LogP contribution < -0.4 is 5.32 Å². The highest BCUT2D eigenvalue weighted by molar-refractivity contribution is 9.10. The van der Waals surface area contributed by atoms with Gasteiger partial charge >= 0.3 is 0 Å². The second kappa shape index (κ2) is 4.28. The first-order valence-corrected chi connectivity index (χ1v) is 5.62. The van der Waals surface area contributed by atoms with Crippen LogP contribution in [0.4, 0.5) is 0 Å². The smallest absolute Gasteiger partial charge is 0.234 e. The molecule has 2 unspecified atom stereocenters. The zero-order chi connectivity index (χ0) is 9.14. The lowest BCUT2D eigenvalue weighted by Crippen LogP contribution is -2.40. The van der Waals surface area contributed by atoms with Crippen LogP contribution in [0, 0.1) is 0 Å². The molecule has 1 fully saturated rings. The first-order valence-electron chi connectivity index (χ1n) is 3.72. The Balaban J connectivity index is 2.40. The summed E-state index contributed by atoms with van der Waals surface area (Å²) in [7, 11) is 0. The lowest BCUT2D eigenvalue weighted by atomic mass is 10.2. The van der Waals surface area contributed by atoms with Crippen molar-refractivity contribution in [2.75, 3.05) is 5.75 Å².